The van der Waals surface area contributed by atoms with Gasteiger partial charge in [-0.1, -0.05) is 0 Å². The average molecular weight is 235 g/mol. The lowest BCUT2D eigenvalue weighted by Gasteiger charge is -2.14. The number of rotatable bonds is 3. The molecule has 2 unspecified atom stereocenters. The Balaban J connectivity index is 1.65. The lowest BCUT2D eigenvalue weighted by Crippen LogP contribution is -2.23. The minimum atomic E-state index is 0.310. The highest BCUT2D eigenvalue weighted by Gasteiger charge is 2.25. The Kier molecular flexibility index (Phi) is 2.81. The Morgan fingerprint density at radius 2 is 2.12 bits per heavy atom. The Morgan fingerprint density at radius 1 is 1.24 bits per heavy atom. The van der Waals surface area contributed by atoms with Crippen LogP contribution in [0.4, 0.5) is 0 Å². The van der Waals surface area contributed by atoms with Gasteiger partial charge in [0.25, 0.3) is 0 Å². The zero-order valence-corrected chi connectivity index (χ0v) is 9.94. The largest absolute Gasteiger partial charge is 0.490 e. The first-order valence-corrected chi connectivity index (χ1v) is 6.09. The first-order chi connectivity index (χ1) is 8.35. The number of hydrogen-bond donors (Lipinski definition) is 1. The summed E-state index contributed by atoms with van der Waals surface area (Å²) in [5.41, 5.74) is 0. The van der Waals surface area contributed by atoms with Crippen LogP contribution in [0.5, 0.6) is 17.2 Å². The fraction of sp³-hybridized carbons (Fsp3) is 0.538. The molecule has 0 saturated heterocycles. The molecule has 2 atom stereocenters. The van der Waals surface area contributed by atoms with E-state index in [9.17, 15) is 0 Å². The van der Waals surface area contributed by atoms with Gasteiger partial charge in [-0.25, -0.2) is 0 Å². The van der Waals surface area contributed by atoms with Crippen molar-refractivity contribution >= 4 is 0 Å². The van der Waals surface area contributed by atoms with Crippen LogP contribution < -0.4 is 19.5 Å². The van der Waals surface area contributed by atoms with Gasteiger partial charge in [-0.2, -0.15) is 0 Å². The highest BCUT2D eigenvalue weighted by atomic mass is 16.7. The molecular formula is C13H17NO3. The van der Waals surface area contributed by atoms with E-state index in [4.69, 9.17) is 14.2 Å². The Hall–Kier alpha value is -1.42. The third-order valence-corrected chi connectivity index (χ3v) is 3.44. The third-order valence-electron chi connectivity index (χ3n) is 3.44. The SMILES string of the molecule is CNC1CCC(Oc2ccc3c(c2)OCO3)C1. The summed E-state index contributed by atoms with van der Waals surface area (Å²) in [5.74, 6) is 2.46. The fourth-order valence-corrected chi connectivity index (χ4v) is 2.45. The zero-order valence-electron chi connectivity index (χ0n) is 9.94. The van der Waals surface area contributed by atoms with Crippen LogP contribution in [0.25, 0.3) is 0 Å². The first-order valence-electron chi connectivity index (χ1n) is 6.09. The maximum Gasteiger partial charge on any atom is 0.231 e. The van der Waals surface area contributed by atoms with Crippen molar-refractivity contribution < 1.29 is 14.2 Å². The van der Waals surface area contributed by atoms with E-state index < -0.39 is 0 Å². The van der Waals surface area contributed by atoms with E-state index in [-0.39, 0.29) is 0 Å². The summed E-state index contributed by atoms with van der Waals surface area (Å²) in [4.78, 5) is 0. The molecule has 1 fully saturated rings. The molecule has 17 heavy (non-hydrogen) atoms. The second-order valence-electron chi connectivity index (χ2n) is 4.55. The minimum Gasteiger partial charge on any atom is -0.490 e. The summed E-state index contributed by atoms with van der Waals surface area (Å²) in [5, 5.41) is 3.30. The second kappa shape index (κ2) is 4.45. The average Bonchev–Trinajstić information content (AvgIpc) is 2.96. The van der Waals surface area contributed by atoms with Gasteiger partial charge in [-0.15, -0.1) is 0 Å². The summed E-state index contributed by atoms with van der Waals surface area (Å²) < 4.78 is 16.6. The van der Waals surface area contributed by atoms with Crippen molar-refractivity contribution in [3.8, 4) is 17.2 Å². The van der Waals surface area contributed by atoms with Gasteiger partial charge in [0, 0.05) is 12.1 Å². The summed E-state index contributed by atoms with van der Waals surface area (Å²) in [6, 6.07) is 6.35. The van der Waals surface area contributed by atoms with E-state index in [0.717, 1.165) is 30.1 Å². The van der Waals surface area contributed by atoms with Gasteiger partial charge in [-0.05, 0) is 38.4 Å². The van der Waals surface area contributed by atoms with Crippen molar-refractivity contribution in [3.05, 3.63) is 18.2 Å². The van der Waals surface area contributed by atoms with Crippen LogP contribution in [-0.4, -0.2) is 26.0 Å². The van der Waals surface area contributed by atoms with Gasteiger partial charge in [0.05, 0.1) is 0 Å². The van der Waals surface area contributed by atoms with Crippen molar-refractivity contribution in [1.82, 2.24) is 5.32 Å². The number of benzene rings is 1. The maximum absolute atomic E-state index is 5.96. The highest BCUT2D eigenvalue weighted by molar-refractivity contribution is 5.46. The molecule has 0 aromatic heterocycles. The van der Waals surface area contributed by atoms with Crippen LogP contribution in [-0.2, 0) is 0 Å². The van der Waals surface area contributed by atoms with Crippen LogP contribution in [0, 0.1) is 0 Å². The van der Waals surface area contributed by atoms with Crippen molar-refractivity contribution in [2.24, 2.45) is 0 Å². The summed E-state index contributed by atoms with van der Waals surface area (Å²) in [7, 11) is 2.01. The first kappa shape index (κ1) is 10.7. The Bertz CT molecular complexity index is 408. The van der Waals surface area contributed by atoms with Crippen molar-refractivity contribution in [3.63, 3.8) is 0 Å². The topological polar surface area (TPSA) is 39.7 Å². The number of fused-ring (bicyclic) bond motifs is 1. The molecule has 0 bridgehead atoms. The van der Waals surface area contributed by atoms with E-state index in [1.54, 1.807) is 0 Å². The van der Waals surface area contributed by atoms with Crippen molar-refractivity contribution in [2.45, 2.75) is 31.4 Å². The number of ether oxygens (including phenoxy) is 3. The zero-order chi connectivity index (χ0) is 11.7. The van der Waals surface area contributed by atoms with E-state index in [1.165, 1.54) is 6.42 Å². The molecule has 1 saturated carbocycles. The molecule has 3 rings (SSSR count). The summed E-state index contributed by atoms with van der Waals surface area (Å²) in [6.45, 7) is 0.310. The molecule has 1 aliphatic heterocycles. The molecule has 92 valence electrons. The molecule has 4 heteroatoms. The fourth-order valence-electron chi connectivity index (χ4n) is 2.45. The lowest BCUT2D eigenvalue weighted by atomic mass is 10.2. The predicted octanol–water partition coefficient (Wildman–Crippen LogP) is 1.93. The van der Waals surface area contributed by atoms with Gasteiger partial charge in [-0.3, -0.25) is 0 Å². The second-order valence-corrected chi connectivity index (χ2v) is 4.55. The molecule has 1 aromatic carbocycles. The molecule has 0 amide bonds. The van der Waals surface area contributed by atoms with Gasteiger partial charge in [0.15, 0.2) is 11.5 Å². The molecule has 1 N–H and O–H groups in total. The predicted molar refractivity (Wildman–Crippen MR) is 63.7 cm³/mol. The molecule has 0 radical (unpaired) electrons. The van der Waals surface area contributed by atoms with E-state index in [2.05, 4.69) is 5.32 Å². The molecule has 1 aromatic rings. The van der Waals surface area contributed by atoms with Crippen LogP contribution in [0.15, 0.2) is 18.2 Å². The van der Waals surface area contributed by atoms with Gasteiger partial charge in [0.1, 0.15) is 11.9 Å². The van der Waals surface area contributed by atoms with E-state index >= 15 is 0 Å². The van der Waals surface area contributed by atoms with Crippen LogP contribution in [0.3, 0.4) is 0 Å². The molecule has 0 spiro atoms. The standard InChI is InChI=1S/C13H17NO3/c1-14-9-2-3-10(6-9)17-11-4-5-12-13(7-11)16-8-15-12/h4-5,7,9-10,14H,2-3,6,8H2,1H3. The van der Waals surface area contributed by atoms with Crippen LogP contribution >= 0.6 is 0 Å². The smallest absolute Gasteiger partial charge is 0.231 e. The van der Waals surface area contributed by atoms with Crippen molar-refractivity contribution in [2.75, 3.05) is 13.8 Å². The summed E-state index contributed by atoms with van der Waals surface area (Å²) in [6.07, 6.45) is 3.68. The molecule has 2 aliphatic rings. The molecular weight excluding hydrogens is 218 g/mol. The monoisotopic (exact) mass is 235 g/mol. The minimum absolute atomic E-state index is 0.310. The Morgan fingerprint density at radius 3 is 2.94 bits per heavy atom. The highest BCUT2D eigenvalue weighted by Crippen LogP contribution is 2.36. The van der Waals surface area contributed by atoms with Crippen LogP contribution in [0.1, 0.15) is 19.3 Å². The third kappa shape index (κ3) is 2.17. The maximum atomic E-state index is 5.96. The van der Waals surface area contributed by atoms with E-state index in [1.807, 2.05) is 25.2 Å². The quantitative estimate of drug-likeness (QED) is 0.869. The Labute approximate surface area is 101 Å². The lowest BCUT2D eigenvalue weighted by molar-refractivity contribution is 0.173. The summed E-state index contributed by atoms with van der Waals surface area (Å²) >= 11 is 0. The molecule has 1 aliphatic carbocycles. The molecule has 4 nitrogen and oxygen atoms in total. The number of hydrogen-bond acceptors (Lipinski definition) is 4. The van der Waals surface area contributed by atoms with Gasteiger partial charge in [0.2, 0.25) is 6.79 Å². The molecule has 1 heterocycles. The van der Waals surface area contributed by atoms with Crippen molar-refractivity contribution in [1.29, 1.82) is 0 Å². The number of nitrogens with one attached hydrogen (secondary N) is 1. The van der Waals surface area contributed by atoms with E-state index in [0.29, 0.717) is 18.9 Å². The normalized spacial score (nSPS) is 26.2. The van der Waals surface area contributed by atoms with Gasteiger partial charge < -0.3 is 19.5 Å². The van der Waals surface area contributed by atoms with Gasteiger partial charge >= 0.3 is 0 Å². The van der Waals surface area contributed by atoms with Crippen LogP contribution in [0.2, 0.25) is 0 Å².